The second-order valence-electron chi connectivity index (χ2n) is 3.27. The number of rotatable bonds is 3. The summed E-state index contributed by atoms with van der Waals surface area (Å²) < 4.78 is 13.1. The van der Waals surface area contributed by atoms with Crippen molar-refractivity contribution in [2.45, 2.75) is 0 Å². The Kier molecular flexibility index (Phi) is 6.99. The maximum atomic E-state index is 9.40. The molecule has 0 saturated heterocycles. The predicted octanol–water partition coefficient (Wildman–Crippen LogP) is 2.69. The molecule has 2 aromatic rings. The topological polar surface area (TPSA) is 66.8 Å². The summed E-state index contributed by atoms with van der Waals surface area (Å²) in [4.78, 5) is 7.72. The van der Waals surface area contributed by atoms with Gasteiger partial charge in [-0.2, -0.15) is 0 Å². The Labute approximate surface area is 106 Å². The van der Waals surface area contributed by atoms with Gasteiger partial charge in [-0.25, -0.2) is 0 Å². The fourth-order valence-corrected chi connectivity index (χ4v) is 1.43. The molecule has 4 nitrogen and oxygen atoms in total. The van der Waals surface area contributed by atoms with E-state index in [-0.39, 0.29) is 0 Å². The van der Waals surface area contributed by atoms with E-state index in [4.69, 9.17) is 10.00 Å². The summed E-state index contributed by atoms with van der Waals surface area (Å²) in [5, 5.41) is 7.68. The van der Waals surface area contributed by atoms with Crippen LogP contribution in [0, 0.1) is 0 Å². The highest BCUT2D eigenvalue weighted by Gasteiger charge is 1.91. The van der Waals surface area contributed by atoms with Crippen molar-refractivity contribution in [3.8, 4) is 11.1 Å². The average Bonchev–Trinajstić information content (AvgIpc) is 2.41. The minimum Gasteiger partial charge on any atom is -0.370 e. The van der Waals surface area contributed by atoms with E-state index in [2.05, 4.69) is 53.1 Å². The zero-order valence-electron chi connectivity index (χ0n) is 9.69. The largest absolute Gasteiger partial charge is 0.370 e. The molecule has 5 heteroatoms. The minimum absolute atomic E-state index is 0.686. The maximum absolute atomic E-state index is 9.40. The van der Waals surface area contributed by atoms with Crippen LogP contribution in [-0.2, 0) is 9.09 Å². The fourth-order valence-electron chi connectivity index (χ4n) is 1.32. The van der Waals surface area contributed by atoms with E-state index in [1.165, 1.54) is 11.1 Å². The van der Waals surface area contributed by atoms with E-state index in [0.717, 1.165) is 0 Å². The molecule has 0 fully saturated rings. The van der Waals surface area contributed by atoms with Crippen molar-refractivity contribution in [2.24, 2.45) is 0 Å². The monoisotopic (exact) mass is 266 g/mol. The van der Waals surface area contributed by atoms with Gasteiger partial charge in [0.2, 0.25) is 0 Å². The van der Waals surface area contributed by atoms with Crippen LogP contribution in [0.3, 0.4) is 0 Å². The summed E-state index contributed by atoms with van der Waals surface area (Å²) in [6.07, 6.45) is 0. The summed E-state index contributed by atoms with van der Waals surface area (Å²) in [5.74, 6) is 0. The third kappa shape index (κ3) is 5.75. The second-order valence-corrected chi connectivity index (χ2v) is 4.09. The lowest BCUT2D eigenvalue weighted by Gasteiger charge is -1.98. The van der Waals surface area contributed by atoms with Crippen molar-refractivity contribution < 1.29 is 19.1 Å². The molecular formula is C13H15O4P. The van der Waals surface area contributed by atoms with Gasteiger partial charge in [0.05, 0.1) is 0 Å². The number of aliphatic hydroxyl groups excluding tert-OH is 1. The van der Waals surface area contributed by atoms with Gasteiger partial charge in [-0.1, -0.05) is 60.7 Å². The lowest BCUT2D eigenvalue weighted by atomic mass is 10.1. The first kappa shape index (κ1) is 14.6. The molecule has 1 atom stereocenters. The number of benzene rings is 2. The van der Waals surface area contributed by atoms with Gasteiger partial charge in [-0.05, 0) is 11.1 Å². The summed E-state index contributed by atoms with van der Waals surface area (Å²) in [6, 6.07) is 20.8. The third-order valence-electron chi connectivity index (χ3n) is 2.07. The molecule has 1 unspecified atom stereocenters. The van der Waals surface area contributed by atoms with E-state index in [9.17, 15) is 4.57 Å². The molecule has 0 aromatic heterocycles. The van der Waals surface area contributed by atoms with Crippen LogP contribution >= 0.6 is 8.25 Å². The Balaban J connectivity index is 0.000000232. The lowest BCUT2D eigenvalue weighted by Crippen LogP contribution is -1.78. The van der Waals surface area contributed by atoms with Gasteiger partial charge in [0.15, 0.2) is 6.79 Å². The molecule has 0 aliphatic carbocycles. The van der Waals surface area contributed by atoms with Crippen LogP contribution in [0.2, 0.25) is 0 Å². The highest BCUT2D eigenvalue weighted by Crippen LogP contribution is 2.17. The molecule has 2 rings (SSSR count). The van der Waals surface area contributed by atoms with Crippen LogP contribution in [0.25, 0.3) is 11.1 Å². The van der Waals surface area contributed by atoms with E-state index in [1.807, 2.05) is 12.1 Å². The molecular weight excluding hydrogens is 251 g/mol. The molecule has 0 aliphatic rings. The Morgan fingerprint density at radius 2 is 1.28 bits per heavy atom. The van der Waals surface area contributed by atoms with Crippen molar-refractivity contribution >= 4 is 8.25 Å². The maximum Gasteiger partial charge on any atom is 0.318 e. The first-order valence-corrected chi connectivity index (χ1v) is 6.57. The summed E-state index contributed by atoms with van der Waals surface area (Å²) in [5.41, 5.74) is 2.55. The second kappa shape index (κ2) is 8.61. The van der Waals surface area contributed by atoms with Gasteiger partial charge >= 0.3 is 8.25 Å². The standard InChI is InChI=1S/C12H10.CH5O4P/c1-3-7-11(8-4-1)12-9-5-2-6-10-12;2-1-5-6(3)4/h1-10H;2,6H,1H2,(H,3,4). The number of aliphatic hydroxyl groups is 1. The zero-order valence-corrected chi connectivity index (χ0v) is 10.7. The molecule has 0 bridgehead atoms. The van der Waals surface area contributed by atoms with Crippen molar-refractivity contribution in [3.05, 3.63) is 60.7 Å². The van der Waals surface area contributed by atoms with Crippen LogP contribution < -0.4 is 0 Å². The summed E-state index contributed by atoms with van der Waals surface area (Å²) >= 11 is 0. The van der Waals surface area contributed by atoms with Crippen molar-refractivity contribution in [3.63, 3.8) is 0 Å². The van der Waals surface area contributed by atoms with Gasteiger partial charge in [0, 0.05) is 0 Å². The smallest absolute Gasteiger partial charge is 0.318 e. The Bertz CT molecular complexity index is 421. The van der Waals surface area contributed by atoms with Gasteiger partial charge < -0.3 is 10.00 Å². The Hall–Kier alpha value is -1.45. The molecule has 0 aliphatic heterocycles. The first-order valence-electron chi connectivity index (χ1n) is 5.31. The Morgan fingerprint density at radius 1 is 0.889 bits per heavy atom. The summed E-state index contributed by atoms with van der Waals surface area (Å²) in [6.45, 7) is -0.686. The van der Waals surface area contributed by atoms with Crippen LogP contribution in [0.4, 0.5) is 0 Å². The first-order chi connectivity index (χ1) is 8.74. The van der Waals surface area contributed by atoms with Crippen molar-refractivity contribution in [1.82, 2.24) is 0 Å². The van der Waals surface area contributed by atoms with E-state index < -0.39 is 15.0 Å². The van der Waals surface area contributed by atoms with Gasteiger partial charge in [-0.15, -0.1) is 0 Å². The third-order valence-corrected chi connectivity index (χ3v) is 2.44. The van der Waals surface area contributed by atoms with Gasteiger partial charge in [-0.3, -0.25) is 9.09 Å². The van der Waals surface area contributed by atoms with Crippen molar-refractivity contribution in [1.29, 1.82) is 0 Å². The van der Waals surface area contributed by atoms with Gasteiger partial charge in [0.25, 0.3) is 0 Å². The zero-order chi connectivity index (χ0) is 13.2. The minimum atomic E-state index is -2.89. The van der Waals surface area contributed by atoms with Gasteiger partial charge in [0.1, 0.15) is 0 Å². The van der Waals surface area contributed by atoms with E-state index in [1.54, 1.807) is 0 Å². The highest BCUT2D eigenvalue weighted by atomic mass is 31.1. The predicted molar refractivity (Wildman–Crippen MR) is 71.3 cm³/mol. The van der Waals surface area contributed by atoms with Crippen LogP contribution in [0.5, 0.6) is 0 Å². The summed E-state index contributed by atoms with van der Waals surface area (Å²) in [7, 11) is -2.89. The normalized spacial score (nSPS) is 11.2. The van der Waals surface area contributed by atoms with E-state index in [0.29, 0.717) is 0 Å². The van der Waals surface area contributed by atoms with E-state index >= 15 is 0 Å². The molecule has 2 aromatic carbocycles. The molecule has 0 amide bonds. The van der Waals surface area contributed by atoms with Crippen LogP contribution in [0.1, 0.15) is 0 Å². The van der Waals surface area contributed by atoms with Crippen molar-refractivity contribution in [2.75, 3.05) is 6.79 Å². The highest BCUT2D eigenvalue weighted by molar-refractivity contribution is 7.32. The average molecular weight is 266 g/mol. The molecule has 0 heterocycles. The van der Waals surface area contributed by atoms with Crippen LogP contribution in [0.15, 0.2) is 60.7 Å². The molecule has 2 N–H and O–H groups in total. The fraction of sp³-hybridized carbons (Fsp3) is 0.0769. The molecule has 0 spiro atoms. The van der Waals surface area contributed by atoms with Crippen LogP contribution in [-0.4, -0.2) is 16.8 Å². The number of hydrogen-bond donors (Lipinski definition) is 2. The molecule has 18 heavy (non-hydrogen) atoms. The number of hydrogen-bond acceptors (Lipinski definition) is 3. The SMILES string of the molecule is O=[PH](O)OCO.c1ccc(-c2ccccc2)cc1. The quantitative estimate of drug-likeness (QED) is 0.662. The molecule has 0 saturated carbocycles. The Morgan fingerprint density at radius 3 is 1.50 bits per heavy atom. The lowest BCUT2D eigenvalue weighted by molar-refractivity contribution is 0.0946. The molecule has 96 valence electrons. The molecule has 0 radical (unpaired) electrons.